The zero-order valence-corrected chi connectivity index (χ0v) is 14.6. The van der Waals surface area contributed by atoms with Crippen molar-refractivity contribution in [3.8, 4) is 11.4 Å². The summed E-state index contributed by atoms with van der Waals surface area (Å²) in [6, 6.07) is 13.5. The fourth-order valence-corrected chi connectivity index (χ4v) is 2.41. The van der Waals surface area contributed by atoms with Crippen molar-refractivity contribution in [2.45, 2.75) is 0 Å². The number of rotatable bonds is 5. The Morgan fingerprint density at radius 3 is 2.42 bits per heavy atom. The van der Waals surface area contributed by atoms with E-state index in [2.05, 4.69) is 25.9 Å². The first-order chi connectivity index (χ1) is 12.5. The van der Waals surface area contributed by atoms with Crippen LogP contribution in [0.3, 0.4) is 0 Å². The highest BCUT2D eigenvalue weighted by Crippen LogP contribution is 2.15. The van der Waals surface area contributed by atoms with Crippen molar-refractivity contribution >= 4 is 29.1 Å². The summed E-state index contributed by atoms with van der Waals surface area (Å²) >= 11 is 5.81. The lowest BCUT2D eigenvalue weighted by atomic mass is 10.1. The van der Waals surface area contributed by atoms with E-state index in [4.69, 9.17) is 11.6 Å². The summed E-state index contributed by atoms with van der Waals surface area (Å²) in [4.78, 5) is 25.9. The number of anilines is 1. The van der Waals surface area contributed by atoms with Gasteiger partial charge >= 0.3 is 0 Å². The zero-order valence-electron chi connectivity index (χ0n) is 13.8. The van der Waals surface area contributed by atoms with Crippen LogP contribution in [0.15, 0.2) is 48.5 Å². The number of aromatic amines is 1. The van der Waals surface area contributed by atoms with E-state index in [9.17, 15) is 9.59 Å². The Hall–Kier alpha value is -3.26. The van der Waals surface area contributed by atoms with Gasteiger partial charge < -0.3 is 10.2 Å². The number of tetrazole rings is 1. The molecule has 26 heavy (non-hydrogen) atoms. The van der Waals surface area contributed by atoms with Crippen LogP contribution in [0.4, 0.5) is 5.69 Å². The molecule has 0 fully saturated rings. The maximum Gasteiger partial charge on any atom is 0.254 e. The minimum atomic E-state index is -0.299. The third kappa shape index (κ3) is 4.22. The first-order valence-corrected chi connectivity index (χ1v) is 8.05. The lowest BCUT2D eigenvalue weighted by Gasteiger charge is -2.17. The summed E-state index contributed by atoms with van der Waals surface area (Å²) in [7, 11) is 1.57. The largest absolute Gasteiger partial charge is 0.332 e. The number of aromatic nitrogens is 4. The molecule has 0 bridgehead atoms. The SMILES string of the molecule is CN(CC(=O)Nc1ccc(Cl)cc1)C(=O)c1ccc(-c2nn[nH]n2)cc1. The highest BCUT2D eigenvalue weighted by Gasteiger charge is 2.15. The summed E-state index contributed by atoms with van der Waals surface area (Å²) < 4.78 is 0. The summed E-state index contributed by atoms with van der Waals surface area (Å²) in [6.45, 7) is -0.0753. The van der Waals surface area contributed by atoms with Crippen LogP contribution in [-0.4, -0.2) is 50.9 Å². The monoisotopic (exact) mass is 370 g/mol. The van der Waals surface area contributed by atoms with E-state index in [1.54, 1.807) is 55.6 Å². The molecule has 8 nitrogen and oxygen atoms in total. The lowest BCUT2D eigenvalue weighted by Crippen LogP contribution is -2.34. The summed E-state index contributed by atoms with van der Waals surface area (Å²) in [5.41, 5.74) is 1.81. The van der Waals surface area contributed by atoms with Crippen LogP contribution >= 0.6 is 11.6 Å². The number of carbonyl (C=O) groups is 2. The molecule has 0 saturated carbocycles. The van der Waals surface area contributed by atoms with Crippen molar-refractivity contribution in [1.82, 2.24) is 25.5 Å². The number of nitrogens with zero attached hydrogens (tertiary/aromatic N) is 4. The Bertz CT molecular complexity index is 894. The number of hydrogen-bond donors (Lipinski definition) is 2. The molecule has 0 atom stereocenters. The lowest BCUT2D eigenvalue weighted by molar-refractivity contribution is -0.116. The first kappa shape index (κ1) is 17.6. The van der Waals surface area contributed by atoms with Gasteiger partial charge in [-0.05, 0) is 41.6 Å². The van der Waals surface area contributed by atoms with Crippen molar-refractivity contribution in [1.29, 1.82) is 0 Å². The number of halogens is 1. The van der Waals surface area contributed by atoms with Gasteiger partial charge in [-0.2, -0.15) is 5.21 Å². The van der Waals surface area contributed by atoms with Gasteiger partial charge in [0.1, 0.15) is 0 Å². The van der Waals surface area contributed by atoms with E-state index in [1.807, 2.05) is 0 Å². The molecule has 132 valence electrons. The quantitative estimate of drug-likeness (QED) is 0.716. The molecule has 0 spiro atoms. The fourth-order valence-electron chi connectivity index (χ4n) is 2.29. The Balaban J connectivity index is 1.60. The van der Waals surface area contributed by atoms with Gasteiger partial charge in [-0.25, -0.2) is 0 Å². The molecule has 9 heteroatoms. The van der Waals surface area contributed by atoms with E-state index >= 15 is 0 Å². The van der Waals surface area contributed by atoms with E-state index in [0.29, 0.717) is 22.1 Å². The average Bonchev–Trinajstić information content (AvgIpc) is 3.18. The molecule has 1 aromatic heterocycles. The van der Waals surface area contributed by atoms with E-state index in [1.165, 1.54) is 4.90 Å². The normalized spacial score (nSPS) is 10.4. The number of likely N-dealkylation sites (N-methyl/N-ethyl adjacent to an activating group) is 1. The second-order valence-electron chi connectivity index (χ2n) is 5.53. The van der Waals surface area contributed by atoms with Crippen LogP contribution < -0.4 is 5.32 Å². The van der Waals surface area contributed by atoms with Gasteiger partial charge in [0.05, 0.1) is 6.54 Å². The van der Waals surface area contributed by atoms with Gasteiger partial charge in [0, 0.05) is 28.9 Å². The topological polar surface area (TPSA) is 104 Å². The standard InChI is InChI=1S/C17H15ClN6O2/c1-24(10-15(25)19-14-8-6-13(18)7-9-14)17(26)12-4-2-11(3-5-12)16-20-22-23-21-16/h2-9H,10H2,1H3,(H,19,25)(H,20,21,22,23). The van der Waals surface area contributed by atoms with Crippen LogP contribution in [0, 0.1) is 0 Å². The molecule has 3 aromatic rings. The Kier molecular flexibility index (Phi) is 5.23. The highest BCUT2D eigenvalue weighted by atomic mass is 35.5. The van der Waals surface area contributed by atoms with Crippen LogP contribution in [0.25, 0.3) is 11.4 Å². The molecule has 2 N–H and O–H groups in total. The van der Waals surface area contributed by atoms with Crippen molar-refractivity contribution < 1.29 is 9.59 Å². The van der Waals surface area contributed by atoms with Crippen molar-refractivity contribution in [2.75, 3.05) is 18.9 Å². The van der Waals surface area contributed by atoms with E-state index < -0.39 is 0 Å². The third-order valence-corrected chi connectivity index (χ3v) is 3.84. The van der Waals surface area contributed by atoms with Gasteiger partial charge in [0.2, 0.25) is 11.7 Å². The van der Waals surface area contributed by atoms with Gasteiger partial charge in [0.15, 0.2) is 0 Å². The summed E-state index contributed by atoms with van der Waals surface area (Å²) in [5, 5.41) is 16.9. The fraction of sp³-hybridized carbons (Fsp3) is 0.118. The molecule has 0 saturated heterocycles. The summed E-state index contributed by atoms with van der Waals surface area (Å²) in [6.07, 6.45) is 0. The molecule has 2 aromatic carbocycles. The average molecular weight is 371 g/mol. The van der Waals surface area contributed by atoms with E-state index in [0.717, 1.165) is 5.56 Å². The number of carbonyl (C=O) groups excluding carboxylic acids is 2. The highest BCUT2D eigenvalue weighted by molar-refractivity contribution is 6.30. The number of amides is 2. The summed E-state index contributed by atoms with van der Waals surface area (Å²) in [5.74, 6) is -0.123. The minimum absolute atomic E-state index is 0.0753. The third-order valence-electron chi connectivity index (χ3n) is 3.59. The van der Waals surface area contributed by atoms with E-state index in [-0.39, 0.29) is 18.4 Å². The first-order valence-electron chi connectivity index (χ1n) is 7.67. The van der Waals surface area contributed by atoms with Gasteiger partial charge in [0.25, 0.3) is 5.91 Å². The second kappa shape index (κ2) is 7.75. The predicted molar refractivity (Wildman–Crippen MR) is 96.7 cm³/mol. The van der Waals surface area contributed by atoms with Crippen LogP contribution in [0.2, 0.25) is 5.02 Å². The van der Waals surface area contributed by atoms with Gasteiger partial charge in [-0.1, -0.05) is 23.7 Å². The van der Waals surface area contributed by atoms with Crippen LogP contribution in [-0.2, 0) is 4.79 Å². The minimum Gasteiger partial charge on any atom is -0.332 e. The Labute approximate surface area is 154 Å². The van der Waals surface area contributed by atoms with Crippen LogP contribution in [0.5, 0.6) is 0 Å². The van der Waals surface area contributed by atoms with Crippen LogP contribution in [0.1, 0.15) is 10.4 Å². The number of H-pyrrole nitrogens is 1. The maximum absolute atomic E-state index is 12.5. The number of benzene rings is 2. The second-order valence-corrected chi connectivity index (χ2v) is 5.97. The maximum atomic E-state index is 12.5. The number of hydrogen-bond acceptors (Lipinski definition) is 5. The molecule has 0 radical (unpaired) electrons. The molecule has 0 aliphatic carbocycles. The molecule has 1 heterocycles. The Morgan fingerprint density at radius 2 is 1.81 bits per heavy atom. The predicted octanol–water partition coefficient (Wildman–Crippen LogP) is 2.23. The molecular formula is C17H15ClN6O2. The van der Waals surface area contributed by atoms with Crippen molar-refractivity contribution in [2.24, 2.45) is 0 Å². The molecule has 0 unspecified atom stereocenters. The molecule has 0 aliphatic rings. The molecule has 2 amide bonds. The molecule has 0 aliphatic heterocycles. The van der Waals surface area contributed by atoms with Gasteiger partial charge in [-0.3, -0.25) is 9.59 Å². The number of nitrogens with one attached hydrogen (secondary N) is 2. The zero-order chi connectivity index (χ0) is 18.5. The van der Waals surface area contributed by atoms with Crippen molar-refractivity contribution in [3.05, 3.63) is 59.1 Å². The molecule has 3 rings (SSSR count). The van der Waals surface area contributed by atoms with Gasteiger partial charge in [-0.15, -0.1) is 10.2 Å². The Morgan fingerprint density at radius 1 is 1.12 bits per heavy atom. The van der Waals surface area contributed by atoms with Crippen molar-refractivity contribution in [3.63, 3.8) is 0 Å². The smallest absolute Gasteiger partial charge is 0.254 e. The molecular weight excluding hydrogens is 356 g/mol.